The van der Waals surface area contributed by atoms with Crippen LogP contribution >= 0.6 is 0 Å². The first kappa shape index (κ1) is 25.7. The molecule has 12 heteroatoms. The molecule has 0 bridgehead atoms. The zero-order valence-corrected chi connectivity index (χ0v) is 20.4. The number of hydrogen-bond acceptors (Lipinski definition) is 6. The Morgan fingerprint density at radius 3 is 2.47 bits per heavy atom. The standard InChI is InChI=1S/C24H24F3N3O5S/c1-3-34-23(31)14-30-22-6-4-5-21(18(22)13-28-30)29(2)36(32,33)17-11-19(26)24(20(27)12-17)35-16-9-7-15(25)8-10-16/h7-13,21H,3-6,14H2,1-2H3. The van der Waals surface area contributed by atoms with Crippen LogP contribution in [-0.2, 0) is 32.5 Å². The summed E-state index contributed by atoms with van der Waals surface area (Å²) in [6.07, 6.45) is 3.19. The SMILES string of the molecule is CCOC(=O)Cn1ncc2c1CCCC2N(C)S(=O)(=O)c1cc(F)c(Oc2ccc(F)cc2)c(F)c1. The lowest BCUT2D eigenvalue weighted by Gasteiger charge is -2.31. The lowest BCUT2D eigenvalue weighted by molar-refractivity contribution is -0.144. The molecule has 0 amide bonds. The Labute approximate surface area is 206 Å². The molecule has 1 aliphatic carbocycles. The number of aromatic nitrogens is 2. The fraction of sp³-hybridized carbons (Fsp3) is 0.333. The van der Waals surface area contributed by atoms with Crippen LogP contribution in [0, 0.1) is 17.5 Å². The van der Waals surface area contributed by atoms with Gasteiger partial charge in [0.1, 0.15) is 18.1 Å². The van der Waals surface area contributed by atoms with Crippen LogP contribution in [0.4, 0.5) is 13.2 Å². The first-order chi connectivity index (χ1) is 17.1. The molecule has 1 atom stereocenters. The molecule has 3 aromatic rings. The minimum absolute atomic E-state index is 0.0171. The molecule has 192 valence electrons. The van der Waals surface area contributed by atoms with Crippen LogP contribution < -0.4 is 4.74 Å². The van der Waals surface area contributed by atoms with Crippen molar-refractivity contribution in [3.63, 3.8) is 0 Å². The molecular formula is C24H24F3N3O5S. The Hall–Kier alpha value is -3.38. The van der Waals surface area contributed by atoms with Gasteiger partial charge in [-0.25, -0.2) is 21.6 Å². The van der Waals surface area contributed by atoms with Gasteiger partial charge < -0.3 is 9.47 Å². The monoisotopic (exact) mass is 523 g/mol. The molecule has 4 rings (SSSR count). The number of benzene rings is 2. The first-order valence-electron chi connectivity index (χ1n) is 11.2. The number of carbonyl (C=O) groups excluding carboxylic acids is 1. The number of carbonyl (C=O) groups is 1. The average molecular weight is 524 g/mol. The summed E-state index contributed by atoms with van der Waals surface area (Å²) < 4.78 is 81.9. The summed E-state index contributed by atoms with van der Waals surface area (Å²) in [6, 6.07) is 5.23. The van der Waals surface area contributed by atoms with E-state index in [0.29, 0.717) is 42.7 Å². The number of halogens is 3. The number of fused-ring (bicyclic) bond motifs is 1. The molecule has 1 aromatic heterocycles. The Morgan fingerprint density at radius 1 is 1.17 bits per heavy atom. The van der Waals surface area contributed by atoms with Crippen molar-refractivity contribution in [3.8, 4) is 11.5 Å². The van der Waals surface area contributed by atoms with E-state index in [4.69, 9.17) is 9.47 Å². The summed E-state index contributed by atoms with van der Waals surface area (Å²) in [6.45, 7) is 1.82. The first-order valence-corrected chi connectivity index (χ1v) is 12.7. The van der Waals surface area contributed by atoms with Crippen LogP contribution in [0.3, 0.4) is 0 Å². The van der Waals surface area contributed by atoms with Gasteiger partial charge in [0.25, 0.3) is 0 Å². The summed E-state index contributed by atoms with van der Waals surface area (Å²) >= 11 is 0. The smallest absolute Gasteiger partial charge is 0.327 e. The fourth-order valence-electron chi connectivity index (χ4n) is 4.18. The van der Waals surface area contributed by atoms with E-state index < -0.39 is 50.1 Å². The normalized spacial score (nSPS) is 15.6. The van der Waals surface area contributed by atoms with E-state index in [1.165, 1.54) is 30.1 Å². The Bertz CT molecular complexity index is 1350. The zero-order chi connectivity index (χ0) is 26.0. The molecule has 0 saturated carbocycles. The number of hydrogen-bond donors (Lipinski definition) is 0. The molecule has 0 N–H and O–H groups in total. The highest BCUT2D eigenvalue weighted by molar-refractivity contribution is 7.89. The molecule has 0 radical (unpaired) electrons. The van der Waals surface area contributed by atoms with Gasteiger partial charge >= 0.3 is 5.97 Å². The molecular weight excluding hydrogens is 499 g/mol. The summed E-state index contributed by atoms with van der Waals surface area (Å²) in [4.78, 5) is 11.3. The van der Waals surface area contributed by atoms with Crippen molar-refractivity contribution in [1.29, 1.82) is 0 Å². The molecule has 0 saturated heterocycles. The second-order valence-corrected chi connectivity index (χ2v) is 10.2. The highest BCUT2D eigenvalue weighted by Gasteiger charge is 2.35. The van der Waals surface area contributed by atoms with E-state index in [1.807, 2.05) is 0 Å². The second kappa shape index (κ2) is 10.3. The highest BCUT2D eigenvalue weighted by Crippen LogP contribution is 2.38. The molecule has 36 heavy (non-hydrogen) atoms. The van der Waals surface area contributed by atoms with Gasteiger partial charge in [-0.15, -0.1) is 0 Å². The maximum Gasteiger partial charge on any atom is 0.327 e. The van der Waals surface area contributed by atoms with Crippen molar-refractivity contribution in [3.05, 3.63) is 71.3 Å². The number of nitrogens with zero attached hydrogens (tertiary/aromatic N) is 3. The summed E-state index contributed by atoms with van der Waals surface area (Å²) in [5.41, 5.74) is 1.33. The van der Waals surface area contributed by atoms with Crippen molar-refractivity contribution in [2.45, 2.75) is 43.7 Å². The lowest BCUT2D eigenvalue weighted by atomic mass is 9.93. The van der Waals surface area contributed by atoms with Gasteiger partial charge in [-0.05, 0) is 62.6 Å². The molecule has 2 aromatic carbocycles. The largest absolute Gasteiger partial charge is 0.465 e. The second-order valence-electron chi connectivity index (χ2n) is 8.21. The molecule has 8 nitrogen and oxygen atoms in total. The van der Waals surface area contributed by atoms with Crippen LogP contribution in [-0.4, -0.2) is 42.1 Å². The Balaban J connectivity index is 1.60. The summed E-state index contributed by atoms with van der Waals surface area (Å²) in [5.74, 6) is -4.28. The topological polar surface area (TPSA) is 90.7 Å². The maximum atomic E-state index is 14.8. The van der Waals surface area contributed by atoms with E-state index in [1.54, 1.807) is 6.92 Å². The van der Waals surface area contributed by atoms with Crippen LogP contribution in [0.1, 0.15) is 37.1 Å². The van der Waals surface area contributed by atoms with Crippen molar-refractivity contribution >= 4 is 16.0 Å². The lowest BCUT2D eigenvalue weighted by Crippen LogP contribution is -2.33. The predicted molar refractivity (Wildman–Crippen MR) is 122 cm³/mol. The van der Waals surface area contributed by atoms with Gasteiger partial charge in [0.2, 0.25) is 10.0 Å². The Kier molecular flexibility index (Phi) is 7.36. The van der Waals surface area contributed by atoms with Gasteiger partial charge in [0.15, 0.2) is 17.4 Å². The van der Waals surface area contributed by atoms with E-state index in [0.717, 1.165) is 16.4 Å². The molecule has 0 aliphatic heterocycles. The van der Waals surface area contributed by atoms with Crippen LogP contribution in [0.15, 0.2) is 47.5 Å². The minimum Gasteiger partial charge on any atom is -0.465 e. The van der Waals surface area contributed by atoms with E-state index in [9.17, 15) is 26.4 Å². The van der Waals surface area contributed by atoms with Crippen molar-refractivity contribution in [2.24, 2.45) is 0 Å². The van der Waals surface area contributed by atoms with Crippen LogP contribution in [0.25, 0.3) is 0 Å². The van der Waals surface area contributed by atoms with Crippen LogP contribution in [0.5, 0.6) is 11.5 Å². The number of sulfonamides is 1. The third-order valence-corrected chi connectivity index (χ3v) is 7.78. The summed E-state index contributed by atoms with van der Waals surface area (Å²) in [7, 11) is -2.99. The highest BCUT2D eigenvalue weighted by atomic mass is 32.2. The quantitative estimate of drug-likeness (QED) is 0.408. The fourth-order valence-corrected chi connectivity index (χ4v) is 5.57. The van der Waals surface area contributed by atoms with E-state index >= 15 is 0 Å². The maximum absolute atomic E-state index is 14.8. The van der Waals surface area contributed by atoms with Crippen molar-refractivity contribution in [1.82, 2.24) is 14.1 Å². The van der Waals surface area contributed by atoms with E-state index in [2.05, 4.69) is 5.10 Å². The Morgan fingerprint density at radius 2 is 1.83 bits per heavy atom. The summed E-state index contributed by atoms with van der Waals surface area (Å²) in [5, 5.41) is 4.23. The van der Waals surface area contributed by atoms with Gasteiger partial charge in [-0.3, -0.25) is 9.48 Å². The molecule has 1 aliphatic rings. The molecule has 1 unspecified atom stereocenters. The van der Waals surface area contributed by atoms with Crippen molar-refractivity contribution < 1.29 is 35.9 Å². The van der Waals surface area contributed by atoms with Crippen LogP contribution in [0.2, 0.25) is 0 Å². The number of ether oxygens (including phenoxy) is 2. The van der Waals surface area contributed by atoms with Gasteiger partial charge in [0.05, 0.1) is 23.7 Å². The average Bonchev–Trinajstić information content (AvgIpc) is 3.25. The van der Waals surface area contributed by atoms with Gasteiger partial charge in [0, 0.05) is 18.3 Å². The third kappa shape index (κ3) is 5.09. The number of rotatable bonds is 8. The predicted octanol–water partition coefficient (Wildman–Crippen LogP) is 4.35. The van der Waals surface area contributed by atoms with Crippen molar-refractivity contribution in [2.75, 3.05) is 13.7 Å². The van der Waals surface area contributed by atoms with Gasteiger partial charge in [-0.2, -0.15) is 9.40 Å². The van der Waals surface area contributed by atoms with E-state index in [-0.39, 0.29) is 18.9 Å². The molecule has 0 spiro atoms. The number of esters is 1. The molecule has 0 fully saturated rings. The molecule has 1 heterocycles. The zero-order valence-electron chi connectivity index (χ0n) is 19.6. The third-order valence-electron chi connectivity index (χ3n) is 5.94. The van der Waals surface area contributed by atoms with Gasteiger partial charge in [-0.1, -0.05) is 0 Å². The minimum atomic E-state index is -4.32.